The highest BCUT2D eigenvalue weighted by Crippen LogP contribution is 2.39. The number of rotatable bonds is 2. The molecule has 0 saturated heterocycles. The molecule has 0 bridgehead atoms. The molecule has 1 aliphatic carbocycles. The summed E-state index contributed by atoms with van der Waals surface area (Å²) in [5, 5.41) is 3.95. The van der Waals surface area contributed by atoms with Crippen LogP contribution < -0.4 is 5.73 Å². The highest BCUT2D eigenvalue weighted by molar-refractivity contribution is 5.60. The molecule has 1 saturated carbocycles. The summed E-state index contributed by atoms with van der Waals surface area (Å²) < 4.78 is 5.18. The van der Waals surface area contributed by atoms with Crippen molar-refractivity contribution < 1.29 is 4.52 Å². The van der Waals surface area contributed by atoms with Gasteiger partial charge in [-0.25, -0.2) is 0 Å². The fourth-order valence-electron chi connectivity index (χ4n) is 1.53. The van der Waals surface area contributed by atoms with Gasteiger partial charge in [0.2, 0.25) is 11.7 Å². The Balaban J connectivity index is 1.97. The summed E-state index contributed by atoms with van der Waals surface area (Å²) in [6.07, 6.45) is 2.33. The van der Waals surface area contributed by atoms with Crippen LogP contribution in [0.4, 0.5) is 5.69 Å². The molecule has 15 heavy (non-hydrogen) atoms. The first-order valence-electron chi connectivity index (χ1n) is 5.02. The lowest BCUT2D eigenvalue weighted by Gasteiger charge is -1.95. The van der Waals surface area contributed by atoms with E-state index in [1.165, 1.54) is 12.8 Å². The van der Waals surface area contributed by atoms with Crippen molar-refractivity contribution >= 4 is 5.69 Å². The van der Waals surface area contributed by atoms with Gasteiger partial charge in [-0.05, 0) is 25.0 Å². The predicted molar refractivity (Wildman–Crippen MR) is 56.1 cm³/mol. The number of hydrogen-bond acceptors (Lipinski definition) is 4. The molecule has 76 valence electrons. The van der Waals surface area contributed by atoms with E-state index < -0.39 is 0 Å². The third-order valence-corrected chi connectivity index (χ3v) is 2.51. The summed E-state index contributed by atoms with van der Waals surface area (Å²) >= 11 is 0. The average Bonchev–Trinajstić information content (AvgIpc) is 2.97. The van der Waals surface area contributed by atoms with Crippen molar-refractivity contribution in [1.82, 2.24) is 10.1 Å². The average molecular weight is 201 g/mol. The Bertz CT molecular complexity index is 488. The quantitative estimate of drug-likeness (QED) is 0.756. The van der Waals surface area contributed by atoms with Crippen LogP contribution in [-0.4, -0.2) is 10.1 Å². The first kappa shape index (κ1) is 8.47. The zero-order chi connectivity index (χ0) is 10.3. The van der Waals surface area contributed by atoms with Gasteiger partial charge in [0.05, 0.1) is 0 Å². The Labute approximate surface area is 87.1 Å². The van der Waals surface area contributed by atoms with E-state index in [4.69, 9.17) is 10.3 Å². The van der Waals surface area contributed by atoms with E-state index in [-0.39, 0.29) is 0 Å². The molecule has 4 nitrogen and oxygen atoms in total. The fourth-order valence-corrected chi connectivity index (χ4v) is 1.53. The van der Waals surface area contributed by atoms with Crippen molar-refractivity contribution in [3.63, 3.8) is 0 Å². The van der Waals surface area contributed by atoms with Crippen LogP contribution in [0.1, 0.15) is 24.7 Å². The maximum absolute atomic E-state index is 5.69. The first-order valence-corrected chi connectivity index (χ1v) is 5.02. The molecule has 0 unspecified atom stereocenters. The highest BCUT2D eigenvalue weighted by Gasteiger charge is 2.29. The molecule has 3 rings (SSSR count). The second-order valence-electron chi connectivity index (χ2n) is 3.86. The second-order valence-corrected chi connectivity index (χ2v) is 3.86. The van der Waals surface area contributed by atoms with Crippen molar-refractivity contribution in [2.75, 3.05) is 5.73 Å². The molecule has 1 heterocycles. The van der Waals surface area contributed by atoms with Gasteiger partial charge in [0.25, 0.3) is 0 Å². The summed E-state index contributed by atoms with van der Waals surface area (Å²) in [6.45, 7) is 0. The Morgan fingerprint density at radius 1 is 1.33 bits per heavy atom. The highest BCUT2D eigenvalue weighted by atomic mass is 16.5. The van der Waals surface area contributed by atoms with Crippen LogP contribution in [0.25, 0.3) is 11.4 Å². The topological polar surface area (TPSA) is 64.9 Å². The molecule has 2 N–H and O–H groups in total. The summed E-state index contributed by atoms with van der Waals surface area (Å²) in [6, 6.07) is 7.50. The van der Waals surface area contributed by atoms with Crippen molar-refractivity contribution in [3.8, 4) is 11.4 Å². The van der Waals surface area contributed by atoms with Crippen LogP contribution in [-0.2, 0) is 0 Å². The minimum atomic E-state index is 0.493. The van der Waals surface area contributed by atoms with Gasteiger partial charge in [-0.3, -0.25) is 0 Å². The van der Waals surface area contributed by atoms with Gasteiger partial charge in [-0.15, -0.1) is 0 Å². The van der Waals surface area contributed by atoms with Gasteiger partial charge in [0.15, 0.2) is 0 Å². The predicted octanol–water partition coefficient (Wildman–Crippen LogP) is 2.20. The molecule has 0 spiro atoms. The Kier molecular flexibility index (Phi) is 1.74. The smallest absolute Gasteiger partial charge is 0.230 e. The lowest BCUT2D eigenvalue weighted by atomic mass is 10.2. The van der Waals surface area contributed by atoms with E-state index in [9.17, 15) is 0 Å². The van der Waals surface area contributed by atoms with Crippen LogP contribution in [0.2, 0.25) is 0 Å². The maximum atomic E-state index is 5.69. The van der Waals surface area contributed by atoms with Crippen LogP contribution >= 0.6 is 0 Å². The third-order valence-electron chi connectivity index (χ3n) is 2.51. The third kappa shape index (κ3) is 1.58. The first-order chi connectivity index (χ1) is 7.33. The molecule has 1 fully saturated rings. The lowest BCUT2D eigenvalue weighted by Crippen LogP contribution is -1.86. The Morgan fingerprint density at radius 3 is 2.93 bits per heavy atom. The zero-order valence-electron chi connectivity index (χ0n) is 8.18. The van der Waals surface area contributed by atoms with E-state index >= 15 is 0 Å². The molecule has 4 heteroatoms. The number of hydrogen-bond donors (Lipinski definition) is 1. The summed E-state index contributed by atoms with van der Waals surface area (Å²) in [5.41, 5.74) is 7.31. The van der Waals surface area contributed by atoms with Gasteiger partial charge in [-0.2, -0.15) is 4.98 Å². The second kappa shape index (κ2) is 3.08. The maximum Gasteiger partial charge on any atom is 0.230 e. The lowest BCUT2D eigenvalue weighted by molar-refractivity contribution is 0.380. The van der Waals surface area contributed by atoms with Gasteiger partial charge < -0.3 is 10.3 Å². The van der Waals surface area contributed by atoms with Crippen LogP contribution in [0.5, 0.6) is 0 Å². The van der Waals surface area contributed by atoms with Crippen LogP contribution in [0.15, 0.2) is 28.8 Å². The Hall–Kier alpha value is -1.84. The Morgan fingerprint density at radius 2 is 2.20 bits per heavy atom. The normalized spacial score (nSPS) is 15.5. The monoisotopic (exact) mass is 201 g/mol. The summed E-state index contributed by atoms with van der Waals surface area (Å²) in [7, 11) is 0. The largest absolute Gasteiger partial charge is 0.399 e. The number of nitrogens with two attached hydrogens (primary N) is 1. The van der Waals surface area contributed by atoms with Crippen molar-refractivity contribution in [2.24, 2.45) is 0 Å². The van der Waals surface area contributed by atoms with Gasteiger partial charge in [0.1, 0.15) is 0 Å². The molecular weight excluding hydrogens is 190 g/mol. The number of aromatic nitrogens is 2. The van der Waals surface area contributed by atoms with Gasteiger partial charge in [0, 0.05) is 17.2 Å². The van der Waals surface area contributed by atoms with Crippen LogP contribution in [0.3, 0.4) is 0 Å². The molecule has 2 aromatic rings. The molecule has 1 aliphatic rings. The van der Waals surface area contributed by atoms with E-state index in [0.29, 0.717) is 17.4 Å². The standard InChI is InChI=1S/C11H11N3O/c12-9-3-1-2-8(6-9)10-13-11(15-14-10)7-4-5-7/h1-3,6-7H,4-5,12H2. The number of nitrogens with zero attached hydrogens (tertiary/aromatic N) is 2. The minimum absolute atomic E-state index is 0.493. The van der Waals surface area contributed by atoms with Gasteiger partial charge >= 0.3 is 0 Å². The van der Waals surface area contributed by atoms with E-state index in [1.807, 2.05) is 24.3 Å². The summed E-state index contributed by atoms with van der Waals surface area (Å²) in [5.74, 6) is 1.88. The zero-order valence-corrected chi connectivity index (χ0v) is 8.18. The summed E-state index contributed by atoms with van der Waals surface area (Å²) in [4.78, 5) is 4.35. The molecule has 0 radical (unpaired) electrons. The number of anilines is 1. The molecule has 1 aromatic heterocycles. The molecule has 1 aromatic carbocycles. The van der Waals surface area contributed by atoms with Gasteiger partial charge in [-0.1, -0.05) is 17.3 Å². The molecular formula is C11H11N3O. The van der Waals surface area contributed by atoms with E-state index in [0.717, 1.165) is 11.5 Å². The molecule has 0 aliphatic heterocycles. The SMILES string of the molecule is Nc1cccc(-c2noc(C3CC3)n2)c1. The van der Waals surface area contributed by atoms with Crippen molar-refractivity contribution in [1.29, 1.82) is 0 Å². The molecule has 0 atom stereocenters. The number of benzene rings is 1. The number of nitrogen functional groups attached to an aromatic ring is 1. The van der Waals surface area contributed by atoms with Crippen LogP contribution in [0, 0.1) is 0 Å². The minimum Gasteiger partial charge on any atom is -0.399 e. The molecule has 0 amide bonds. The van der Waals surface area contributed by atoms with Crippen molar-refractivity contribution in [2.45, 2.75) is 18.8 Å². The van der Waals surface area contributed by atoms with E-state index in [1.54, 1.807) is 0 Å². The van der Waals surface area contributed by atoms with E-state index in [2.05, 4.69) is 10.1 Å². The van der Waals surface area contributed by atoms with Crippen molar-refractivity contribution in [3.05, 3.63) is 30.2 Å². The fraction of sp³-hybridized carbons (Fsp3) is 0.273.